The normalized spacial score (nSPS) is 14.9. The Morgan fingerprint density at radius 1 is 0.348 bits per heavy atom. The Balaban J connectivity index is 1.08. The highest BCUT2D eigenvalue weighted by molar-refractivity contribution is 5.64. The van der Waals surface area contributed by atoms with Crippen molar-refractivity contribution in [3.8, 4) is 23.0 Å². The van der Waals surface area contributed by atoms with Gasteiger partial charge >= 0.3 is 0 Å². The third-order valence-corrected chi connectivity index (χ3v) is 9.40. The van der Waals surface area contributed by atoms with Crippen LogP contribution in [0.4, 0.5) is 0 Å². The van der Waals surface area contributed by atoms with Crippen molar-refractivity contribution >= 4 is 0 Å². The van der Waals surface area contributed by atoms with Gasteiger partial charge in [-0.3, -0.25) is 10.6 Å². The predicted molar refractivity (Wildman–Crippen MR) is 184 cm³/mol. The number of nitrogens with one attached hydrogen (secondary N) is 2. The van der Waals surface area contributed by atoms with Crippen LogP contribution in [-0.4, -0.2) is 13.1 Å². The van der Waals surface area contributed by atoms with Gasteiger partial charge in [0, 0.05) is 22.3 Å². The topological polar surface area (TPSA) is 42.5 Å². The summed E-state index contributed by atoms with van der Waals surface area (Å²) in [7, 11) is 0. The highest BCUT2D eigenvalue weighted by atomic mass is 16.5. The monoisotopic (exact) mass is 600 g/mol. The molecule has 0 bridgehead atoms. The molecule has 226 valence electrons. The van der Waals surface area contributed by atoms with Gasteiger partial charge in [0.15, 0.2) is 0 Å². The van der Waals surface area contributed by atoms with Gasteiger partial charge in [0.05, 0.1) is 0 Å². The molecular weight excluding hydrogens is 564 g/mol. The maximum atomic E-state index is 6.42. The van der Waals surface area contributed by atoms with Crippen molar-refractivity contribution < 1.29 is 9.47 Å². The quantitative estimate of drug-likeness (QED) is 0.162. The standard InChI is InChI=1S/C42H36N2O2/c1-3-17-31(18-4-1)41(33-21-7-11-25-37(33)45-38-26-12-8-22-34(38)41)43-29-15-16-30-44-42(32-19-5-2-6-20-32)35-23-9-13-27-39(35)46-40-28-14-10-24-36(40)42/h1-14,17-28,43-44H,15-16,29-30H2. The van der Waals surface area contributed by atoms with E-state index in [1.54, 1.807) is 0 Å². The van der Waals surface area contributed by atoms with Gasteiger partial charge in [-0.1, -0.05) is 133 Å². The molecule has 0 radical (unpaired) electrons. The van der Waals surface area contributed by atoms with E-state index >= 15 is 0 Å². The zero-order valence-electron chi connectivity index (χ0n) is 25.7. The molecule has 2 aliphatic heterocycles. The molecule has 46 heavy (non-hydrogen) atoms. The van der Waals surface area contributed by atoms with Crippen LogP contribution < -0.4 is 20.1 Å². The third-order valence-electron chi connectivity index (χ3n) is 9.40. The van der Waals surface area contributed by atoms with Crippen molar-refractivity contribution in [2.45, 2.75) is 23.9 Å². The zero-order chi connectivity index (χ0) is 30.8. The van der Waals surface area contributed by atoms with Crippen molar-refractivity contribution in [2.75, 3.05) is 13.1 Å². The van der Waals surface area contributed by atoms with Crippen LogP contribution in [0, 0.1) is 0 Å². The van der Waals surface area contributed by atoms with E-state index < -0.39 is 11.1 Å². The van der Waals surface area contributed by atoms with Gasteiger partial charge in [0.1, 0.15) is 34.1 Å². The number of benzene rings is 6. The number of hydrogen-bond acceptors (Lipinski definition) is 4. The Bertz CT molecular complexity index is 1740. The Labute approximate surface area is 270 Å². The number of hydrogen-bond donors (Lipinski definition) is 2. The summed E-state index contributed by atoms with van der Waals surface area (Å²) in [6, 6.07) is 55.2. The second-order valence-electron chi connectivity index (χ2n) is 12.0. The predicted octanol–water partition coefficient (Wildman–Crippen LogP) is 9.14. The van der Waals surface area contributed by atoms with Crippen LogP contribution >= 0.6 is 0 Å². The first kappa shape index (κ1) is 28.3. The van der Waals surface area contributed by atoms with Gasteiger partial charge in [-0.25, -0.2) is 0 Å². The smallest absolute Gasteiger partial charge is 0.133 e. The van der Waals surface area contributed by atoms with E-state index in [1.807, 2.05) is 24.3 Å². The maximum Gasteiger partial charge on any atom is 0.133 e. The van der Waals surface area contributed by atoms with Crippen LogP contribution in [0.3, 0.4) is 0 Å². The molecule has 2 N–H and O–H groups in total. The summed E-state index contributed by atoms with van der Waals surface area (Å²) < 4.78 is 12.8. The van der Waals surface area contributed by atoms with Crippen LogP contribution in [-0.2, 0) is 11.1 Å². The molecule has 0 saturated carbocycles. The largest absolute Gasteiger partial charge is 0.457 e. The minimum atomic E-state index is -0.524. The van der Waals surface area contributed by atoms with Crippen molar-refractivity contribution in [1.82, 2.24) is 10.6 Å². The van der Waals surface area contributed by atoms with Gasteiger partial charge in [0.2, 0.25) is 0 Å². The van der Waals surface area contributed by atoms with Crippen LogP contribution in [0.2, 0.25) is 0 Å². The lowest BCUT2D eigenvalue weighted by atomic mass is 9.74. The van der Waals surface area contributed by atoms with Crippen molar-refractivity contribution in [3.05, 3.63) is 191 Å². The van der Waals surface area contributed by atoms with Gasteiger partial charge in [-0.05, 0) is 61.3 Å². The second-order valence-corrected chi connectivity index (χ2v) is 12.0. The number of fused-ring (bicyclic) bond motifs is 4. The number of rotatable bonds is 9. The lowest BCUT2D eigenvalue weighted by Gasteiger charge is -2.42. The van der Waals surface area contributed by atoms with Gasteiger partial charge in [-0.15, -0.1) is 0 Å². The Kier molecular flexibility index (Phi) is 7.37. The number of unbranched alkanes of at least 4 members (excludes halogenated alkanes) is 1. The van der Waals surface area contributed by atoms with E-state index in [2.05, 4.69) is 144 Å². The second kappa shape index (κ2) is 12.0. The fourth-order valence-corrected chi connectivity index (χ4v) is 7.37. The summed E-state index contributed by atoms with van der Waals surface area (Å²) >= 11 is 0. The molecule has 0 atom stereocenters. The van der Waals surface area contributed by atoms with E-state index in [-0.39, 0.29) is 0 Å². The van der Waals surface area contributed by atoms with E-state index in [0.29, 0.717) is 0 Å². The zero-order valence-corrected chi connectivity index (χ0v) is 25.7. The van der Waals surface area contributed by atoms with Crippen LogP contribution in [0.5, 0.6) is 23.0 Å². The molecule has 0 aliphatic carbocycles. The number of para-hydroxylation sites is 4. The van der Waals surface area contributed by atoms with Crippen molar-refractivity contribution in [2.24, 2.45) is 0 Å². The summed E-state index contributed by atoms with van der Waals surface area (Å²) in [5.41, 5.74) is 5.90. The fourth-order valence-electron chi connectivity index (χ4n) is 7.37. The molecule has 4 heteroatoms. The highest BCUT2D eigenvalue weighted by Gasteiger charge is 2.44. The van der Waals surface area contributed by atoms with E-state index in [9.17, 15) is 0 Å². The first-order valence-corrected chi connectivity index (χ1v) is 16.2. The summed E-state index contributed by atoms with van der Waals surface area (Å²) in [4.78, 5) is 0. The Morgan fingerprint density at radius 3 is 0.957 bits per heavy atom. The Morgan fingerprint density at radius 2 is 0.630 bits per heavy atom. The molecule has 6 aromatic rings. The molecule has 8 rings (SSSR count). The average molecular weight is 601 g/mol. The molecule has 2 heterocycles. The van der Waals surface area contributed by atoms with Gasteiger partial charge < -0.3 is 9.47 Å². The number of ether oxygens (including phenoxy) is 2. The lowest BCUT2D eigenvalue weighted by molar-refractivity contribution is 0.363. The first-order valence-electron chi connectivity index (χ1n) is 16.2. The third kappa shape index (κ3) is 4.61. The minimum Gasteiger partial charge on any atom is -0.457 e. The first-order chi connectivity index (χ1) is 22.8. The molecule has 0 unspecified atom stereocenters. The fraction of sp³-hybridized carbons (Fsp3) is 0.143. The summed E-state index contributed by atoms with van der Waals surface area (Å²) in [6.45, 7) is 1.65. The van der Waals surface area contributed by atoms with Gasteiger partial charge in [0.25, 0.3) is 0 Å². The molecule has 0 fully saturated rings. The SMILES string of the molecule is c1ccc(C2(NCCCCNC3(c4ccccc4)c4ccccc4Oc4ccccc43)c3ccccc3Oc3ccccc32)cc1. The highest BCUT2D eigenvalue weighted by Crippen LogP contribution is 2.51. The van der Waals surface area contributed by atoms with Gasteiger partial charge in [-0.2, -0.15) is 0 Å². The van der Waals surface area contributed by atoms with Crippen LogP contribution in [0.1, 0.15) is 46.2 Å². The molecule has 2 aliphatic rings. The molecule has 0 spiro atoms. The van der Waals surface area contributed by atoms with Crippen molar-refractivity contribution in [1.29, 1.82) is 0 Å². The molecule has 0 aromatic heterocycles. The summed E-state index contributed by atoms with van der Waals surface area (Å²) in [5.74, 6) is 3.56. The van der Waals surface area contributed by atoms with E-state index in [1.165, 1.54) is 11.1 Å². The Hall–Kier alpha value is -5.16. The molecule has 0 saturated heterocycles. The molecule has 0 amide bonds. The van der Waals surface area contributed by atoms with Crippen LogP contribution in [0.15, 0.2) is 158 Å². The molecule has 6 aromatic carbocycles. The molecule has 4 nitrogen and oxygen atoms in total. The van der Waals surface area contributed by atoms with Crippen LogP contribution in [0.25, 0.3) is 0 Å². The van der Waals surface area contributed by atoms with Crippen molar-refractivity contribution in [3.63, 3.8) is 0 Å². The summed E-state index contributed by atoms with van der Waals surface area (Å²) in [5, 5.41) is 8.09. The van der Waals surface area contributed by atoms with E-state index in [4.69, 9.17) is 9.47 Å². The average Bonchev–Trinajstić information content (AvgIpc) is 3.13. The lowest BCUT2D eigenvalue weighted by Crippen LogP contribution is -2.48. The maximum absolute atomic E-state index is 6.42. The van der Waals surface area contributed by atoms with E-state index in [0.717, 1.165) is 71.2 Å². The molecular formula is C42H36N2O2. The minimum absolute atomic E-state index is 0.524. The summed E-state index contributed by atoms with van der Waals surface area (Å²) in [6.07, 6.45) is 1.97.